The van der Waals surface area contributed by atoms with Crippen LogP contribution < -0.4 is 10.1 Å². The van der Waals surface area contributed by atoms with Crippen molar-refractivity contribution in [2.24, 2.45) is 0 Å². The summed E-state index contributed by atoms with van der Waals surface area (Å²) < 4.78 is 5.45. The standard InChI is InChI=1S/C20H24N2O2/c1-14(22(2)3)16-10-7-11-17(12-16)24-20(23)21-19-13-18(19)15-8-5-4-6-9-15/h4-12,14,18-19H,13H2,1-3H3,(H,21,23)/t14-,18+,19-/m0/s1. The van der Waals surface area contributed by atoms with Gasteiger partial charge in [0.15, 0.2) is 0 Å². The highest BCUT2D eigenvalue weighted by molar-refractivity contribution is 5.71. The summed E-state index contributed by atoms with van der Waals surface area (Å²) in [5.41, 5.74) is 2.39. The highest BCUT2D eigenvalue weighted by atomic mass is 16.6. The molecule has 0 radical (unpaired) electrons. The number of hydrogen-bond acceptors (Lipinski definition) is 3. The highest BCUT2D eigenvalue weighted by Gasteiger charge is 2.39. The summed E-state index contributed by atoms with van der Waals surface area (Å²) in [5, 5.41) is 2.95. The predicted octanol–water partition coefficient (Wildman–Crippen LogP) is 3.95. The lowest BCUT2D eigenvalue weighted by Gasteiger charge is -2.20. The van der Waals surface area contributed by atoms with Gasteiger partial charge in [-0.2, -0.15) is 0 Å². The van der Waals surface area contributed by atoms with E-state index in [0.717, 1.165) is 12.0 Å². The van der Waals surface area contributed by atoms with Gasteiger partial charge in [0.25, 0.3) is 0 Å². The van der Waals surface area contributed by atoms with Crippen LogP contribution in [0, 0.1) is 0 Å². The van der Waals surface area contributed by atoms with Crippen LogP contribution in [-0.4, -0.2) is 31.1 Å². The van der Waals surface area contributed by atoms with Crippen LogP contribution in [0.2, 0.25) is 0 Å². The number of nitrogens with zero attached hydrogens (tertiary/aromatic N) is 1. The Hall–Kier alpha value is -2.33. The number of amides is 1. The van der Waals surface area contributed by atoms with E-state index in [1.54, 1.807) is 0 Å². The molecule has 0 heterocycles. The zero-order chi connectivity index (χ0) is 17.1. The molecule has 0 saturated heterocycles. The maximum atomic E-state index is 12.1. The highest BCUT2D eigenvalue weighted by Crippen LogP contribution is 2.40. The van der Waals surface area contributed by atoms with Crippen molar-refractivity contribution in [1.82, 2.24) is 10.2 Å². The van der Waals surface area contributed by atoms with Gasteiger partial charge in [-0.1, -0.05) is 42.5 Å². The normalized spacial score (nSPS) is 20.5. The fourth-order valence-corrected chi connectivity index (χ4v) is 2.85. The van der Waals surface area contributed by atoms with Crippen LogP contribution in [0.25, 0.3) is 0 Å². The van der Waals surface area contributed by atoms with Crippen molar-refractivity contribution in [3.63, 3.8) is 0 Å². The Balaban J connectivity index is 1.55. The zero-order valence-corrected chi connectivity index (χ0v) is 14.4. The number of benzene rings is 2. The second-order valence-electron chi connectivity index (χ2n) is 6.61. The first-order valence-electron chi connectivity index (χ1n) is 8.34. The fourth-order valence-electron chi connectivity index (χ4n) is 2.85. The monoisotopic (exact) mass is 324 g/mol. The lowest BCUT2D eigenvalue weighted by molar-refractivity contribution is 0.199. The molecule has 1 N–H and O–H groups in total. The molecule has 3 rings (SSSR count). The zero-order valence-electron chi connectivity index (χ0n) is 14.4. The third-order valence-corrected chi connectivity index (χ3v) is 4.65. The van der Waals surface area contributed by atoms with Gasteiger partial charge in [0, 0.05) is 18.0 Å². The molecule has 4 heteroatoms. The molecule has 0 aliphatic heterocycles. The van der Waals surface area contributed by atoms with E-state index < -0.39 is 0 Å². The second kappa shape index (κ2) is 7.05. The lowest BCUT2D eigenvalue weighted by Crippen LogP contribution is -2.29. The van der Waals surface area contributed by atoms with E-state index in [1.165, 1.54) is 5.56 Å². The van der Waals surface area contributed by atoms with E-state index in [9.17, 15) is 4.79 Å². The first-order chi connectivity index (χ1) is 11.5. The molecule has 4 nitrogen and oxygen atoms in total. The maximum Gasteiger partial charge on any atom is 0.412 e. The Kier molecular flexibility index (Phi) is 4.86. The van der Waals surface area contributed by atoms with Gasteiger partial charge in [-0.3, -0.25) is 0 Å². The number of carbonyl (C=O) groups excluding carboxylic acids is 1. The Morgan fingerprint density at radius 3 is 2.62 bits per heavy atom. The van der Waals surface area contributed by atoms with Crippen molar-refractivity contribution < 1.29 is 9.53 Å². The Morgan fingerprint density at radius 2 is 1.92 bits per heavy atom. The molecule has 0 unspecified atom stereocenters. The quantitative estimate of drug-likeness (QED) is 0.905. The van der Waals surface area contributed by atoms with E-state index in [-0.39, 0.29) is 18.2 Å². The molecule has 1 aliphatic carbocycles. The van der Waals surface area contributed by atoms with Crippen molar-refractivity contribution in [3.05, 3.63) is 65.7 Å². The summed E-state index contributed by atoms with van der Waals surface area (Å²) in [6, 6.07) is 18.4. The van der Waals surface area contributed by atoms with Crippen LogP contribution in [-0.2, 0) is 0 Å². The third-order valence-electron chi connectivity index (χ3n) is 4.65. The minimum absolute atomic E-state index is 0.170. The first kappa shape index (κ1) is 16.5. The van der Waals surface area contributed by atoms with E-state index in [0.29, 0.717) is 11.7 Å². The lowest BCUT2D eigenvalue weighted by atomic mass is 10.1. The first-order valence-corrected chi connectivity index (χ1v) is 8.34. The number of carbonyl (C=O) groups is 1. The van der Waals surface area contributed by atoms with Crippen LogP contribution >= 0.6 is 0 Å². The topological polar surface area (TPSA) is 41.6 Å². The Bertz CT molecular complexity index is 700. The molecule has 0 bridgehead atoms. The summed E-state index contributed by atoms with van der Waals surface area (Å²) in [4.78, 5) is 14.2. The SMILES string of the molecule is C[C@@H](c1cccc(OC(=O)N[C@H]2C[C@@H]2c2ccccc2)c1)N(C)C. The van der Waals surface area contributed by atoms with Gasteiger partial charge in [0.05, 0.1) is 0 Å². The van der Waals surface area contributed by atoms with Crippen LogP contribution in [0.3, 0.4) is 0 Å². The molecule has 1 aliphatic rings. The Morgan fingerprint density at radius 1 is 1.17 bits per heavy atom. The van der Waals surface area contributed by atoms with Gasteiger partial charge in [-0.05, 0) is 50.7 Å². The molecule has 3 atom stereocenters. The van der Waals surface area contributed by atoms with E-state index in [1.807, 2.05) is 56.6 Å². The van der Waals surface area contributed by atoms with Crippen LogP contribution in [0.1, 0.15) is 36.4 Å². The van der Waals surface area contributed by atoms with Gasteiger partial charge < -0.3 is 15.0 Å². The molecular weight excluding hydrogens is 300 g/mol. The van der Waals surface area contributed by atoms with Gasteiger partial charge in [0.2, 0.25) is 0 Å². The van der Waals surface area contributed by atoms with Crippen molar-refractivity contribution in [2.75, 3.05) is 14.1 Å². The molecule has 0 spiro atoms. The van der Waals surface area contributed by atoms with Crippen molar-refractivity contribution >= 4 is 6.09 Å². The second-order valence-corrected chi connectivity index (χ2v) is 6.61. The molecule has 1 saturated carbocycles. The summed E-state index contributed by atoms with van der Waals surface area (Å²) in [6.07, 6.45) is 0.588. The van der Waals surface area contributed by atoms with Crippen molar-refractivity contribution in [3.8, 4) is 5.75 Å². The molecule has 2 aromatic rings. The average Bonchev–Trinajstić information content (AvgIpc) is 3.34. The largest absolute Gasteiger partial charge is 0.412 e. The summed E-state index contributed by atoms with van der Waals surface area (Å²) in [6.45, 7) is 2.12. The minimum Gasteiger partial charge on any atom is -0.410 e. The number of nitrogens with one attached hydrogen (secondary N) is 1. The predicted molar refractivity (Wildman–Crippen MR) is 95.3 cm³/mol. The average molecular weight is 324 g/mol. The smallest absolute Gasteiger partial charge is 0.410 e. The van der Waals surface area contributed by atoms with E-state index in [4.69, 9.17) is 4.74 Å². The summed E-state index contributed by atoms with van der Waals surface area (Å²) in [7, 11) is 4.06. The Labute approximate surface area is 143 Å². The number of ether oxygens (including phenoxy) is 1. The van der Waals surface area contributed by atoms with Crippen LogP contribution in [0.5, 0.6) is 5.75 Å². The molecule has 24 heavy (non-hydrogen) atoms. The number of hydrogen-bond donors (Lipinski definition) is 1. The van der Waals surface area contributed by atoms with Gasteiger partial charge in [-0.25, -0.2) is 4.79 Å². The van der Waals surface area contributed by atoms with Crippen molar-refractivity contribution in [1.29, 1.82) is 0 Å². The van der Waals surface area contributed by atoms with Crippen molar-refractivity contribution in [2.45, 2.75) is 31.3 Å². The van der Waals surface area contributed by atoms with Gasteiger partial charge in [-0.15, -0.1) is 0 Å². The molecular formula is C20H24N2O2. The minimum atomic E-state index is -0.381. The summed E-state index contributed by atoms with van der Waals surface area (Å²) >= 11 is 0. The molecule has 0 aromatic heterocycles. The fraction of sp³-hybridized carbons (Fsp3) is 0.350. The molecule has 1 fully saturated rings. The van der Waals surface area contributed by atoms with Gasteiger partial charge >= 0.3 is 6.09 Å². The molecule has 126 valence electrons. The van der Waals surface area contributed by atoms with Crippen LogP contribution in [0.4, 0.5) is 4.79 Å². The summed E-state index contributed by atoms with van der Waals surface area (Å²) in [5.74, 6) is 0.981. The van der Waals surface area contributed by atoms with Gasteiger partial charge in [0.1, 0.15) is 5.75 Å². The third kappa shape index (κ3) is 3.95. The van der Waals surface area contributed by atoms with E-state index >= 15 is 0 Å². The van der Waals surface area contributed by atoms with Crippen LogP contribution in [0.15, 0.2) is 54.6 Å². The van der Waals surface area contributed by atoms with E-state index in [2.05, 4.69) is 29.3 Å². The molecule has 2 aromatic carbocycles. The number of rotatable bonds is 5. The maximum absolute atomic E-state index is 12.1. The molecule has 1 amide bonds.